The van der Waals surface area contributed by atoms with Crippen LogP contribution in [0.4, 0.5) is 9.18 Å². The molecular weight excluding hydrogens is 500 g/mol. The van der Waals surface area contributed by atoms with Crippen molar-refractivity contribution in [2.75, 3.05) is 13.2 Å². The van der Waals surface area contributed by atoms with Gasteiger partial charge in [-0.2, -0.15) is 0 Å². The summed E-state index contributed by atoms with van der Waals surface area (Å²) >= 11 is 12.2. The number of carboxylic acid groups (broad SMARTS) is 1. The van der Waals surface area contributed by atoms with Crippen molar-refractivity contribution < 1.29 is 33.3 Å². The van der Waals surface area contributed by atoms with Crippen molar-refractivity contribution in [1.29, 1.82) is 0 Å². The van der Waals surface area contributed by atoms with Crippen LogP contribution in [0, 0.1) is 5.82 Å². The molecule has 1 aliphatic heterocycles. The van der Waals surface area contributed by atoms with Crippen molar-refractivity contribution in [2.45, 2.75) is 18.9 Å². The first-order chi connectivity index (χ1) is 16.8. The number of fused-ring (bicyclic) bond motifs is 1. The lowest BCUT2D eigenvalue weighted by Crippen LogP contribution is -2.25. The molecule has 0 spiro atoms. The number of rotatable bonds is 7. The van der Waals surface area contributed by atoms with Crippen LogP contribution >= 0.6 is 23.2 Å². The van der Waals surface area contributed by atoms with E-state index < -0.39 is 12.3 Å². The number of nitrogens with one attached hydrogen (secondary N) is 1. The maximum atomic E-state index is 13.8. The minimum Gasteiger partial charge on any atom is -0.493 e. The molecule has 0 radical (unpaired) electrons. The number of carbonyl (C=O) groups is 2. The Morgan fingerprint density at radius 2 is 1.89 bits per heavy atom. The van der Waals surface area contributed by atoms with Gasteiger partial charge in [0.1, 0.15) is 29.2 Å². The predicted molar refractivity (Wildman–Crippen MR) is 127 cm³/mol. The Balaban J connectivity index is 1.38. The highest BCUT2D eigenvalue weighted by Gasteiger charge is 2.27. The molecule has 7 nitrogen and oxygen atoms in total. The van der Waals surface area contributed by atoms with Gasteiger partial charge in [0.2, 0.25) is 0 Å². The summed E-state index contributed by atoms with van der Waals surface area (Å²) < 4.78 is 30.1. The molecule has 0 bridgehead atoms. The Morgan fingerprint density at radius 3 is 2.63 bits per heavy atom. The average Bonchev–Trinajstić information content (AvgIpc) is 2.82. The van der Waals surface area contributed by atoms with E-state index in [1.807, 2.05) is 0 Å². The van der Waals surface area contributed by atoms with Gasteiger partial charge in [0, 0.05) is 35.2 Å². The molecule has 1 unspecified atom stereocenters. The molecule has 4 rings (SSSR count). The van der Waals surface area contributed by atoms with E-state index >= 15 is 0 Å². The third-order valence-corrected chi connectivity index (χ3v) is 5.85. The molecule has 0 aliphatic carbocycles. The number of benzene rings is 3. The largest absolute Gasteiger partial charge is 0.506 e. The summed E-state index contributed by atoms with van der Waals surface area (Å²) in [4.78, 5) is 23.3. The highest BCUT2D eigenvalue weighted by Crippen LogP contribution is 2.42. The van der Waals surface area contributed by atoms with Gasteiger partial charge in [-0.1, -0.05) is 23.2 Å². The van der Waals surface area contributed by atoms with Crippen LogP contribution in [0.25, 0.3) is 0 Å². The van der Waals surface area contributed by atoms with E-state index in [9.17, 15) is 14.0 Å². The molecule has 3 aromatic rings. The molecule has 35 heavy (non-hydrogen) atoms. The van der Waals surface area contributed by atoms with E-state index in [0.717, 1.165) is 0 Å². The molecule has 0 saturated heterocycles. The summed E-state index contributed by atoms with van der Waals surface area (Å²) in [6, 6.07) is 13.8. The van der Waals surface area contributed by atoms with Gasteiger partial charge in [-0.25, -0.2) is 9.18 Å². The monoisotopic (exact) mass is 519 g/mol. The number of ether oxygens (including phenoxy) is 3. The van der Waals surface area contributed by atoms with E-state index in [-0.39, 0.29) is 23.3 Å². The standard InChI is InChI=1S/C25H20Cl2FNO6/c26-16-3-6-20(28)15(11-16)7-9-29-24(30)14-1-4-17(5-2-14)34-23-13-22-18(12-19(23)27)21(8-10-33-22)35-25(31)32/h1-6,11-13,21H,7-10H2,(H,29,30)(H,31,32). The predicted octanol–water partition coefficient (Wildman–Crippen LogP) is 6.42. The van der Waals surface area contributed by atoms with Crippen molar-refractivity contribution >= 4 is 35.3 Å². The SMILES string of the molecule is O=C(O)OC1CCOc2cc(Oc3ccc(C(=O)NCCc4cc(Cl)ccc4F)cc3)c(Cl)cc21. The normalized spacial score (nSPS) is 14.4. The molecular formula is C25H20Cl2FNO6. The van der Waals surface area contributed by atoms with Crippen molar-refractivity contribution in [3.05, 3.63) is 87.2 Å². The topological polar surface area (TPSA) is 94.1 Å². The van der Waals surface area contributed by atoms with Crippen LogP contribution in [-0.2, 0) is 11.2 Å². The average molecular weight is 520 g/mol. The molecule has 182 valence electrons. The molecule has 1 atom stereocenters. The van der Waals surface area contributed by atoms with Crippen LogP contribution in [-0.4, -0.2) is 30.3 Å². The summed E-state index contributed by atoms with van der Waals surface area (Å²) in [5, 5.41) is 12.4. The first kappa shape index (κ1) is 24.6. The second-order valence-electron chi connectivity index (χ2n) is 7.70. The zero-order chi connectivity index (χ0) is 24.9. The van der Waals surface area contributed by atoms with Gasteiger partial charge in [-0.15, -0.1) is 0 Å². The number of amides is 1. The molecule has 1 amide bonds. The fraction of sp³-hybridized carbons (Fsp3) is 0.200. The third-order valence-electron chi connectivity index (χ3n) is 5.32. The van der Waals surface area contributed by atoms with Gasteiger partial charge < -0.3 is 24.6 Å². The molecule has 3 aromatic carbocycles. The Kier molecular flexibility index (Phi) is 7.63. The lowest BCUT2D eigenvalue weighted by atomic mass is 10.0. The Bertz CT molecular complexity index is 1250. The number of carbonyl (C=O) groups excluding carboxylic acids is 1. The minimum absolute atomic E-state index is 0.242. The summed E-state index contributed by atoms with van der Waals surface area (Å²) in [6.07, 6.45) is -1.36. The zero-order valence-electron chi connectivity index (χ0n) is 18.2. The van der Waals surface area contributed by atoms with Crippen molar-refractivity contribution in [2.24, 2.45) is 0 Å². The lowest BCUT2D eigenvalue weighted by molar-refractivity contribution is 0.0326. The Hall–Kier alpha value is -3.49. The molecule has 0 saturated carbocycles. The van der Waals surface area contributed by atoms with Crippen LogP contribution in [0.5, 0.6) is 17.2 Å². The lowest BCUT2D eigenvalue weighted by Gasteiger charge is -2.25. The maximum Gasteiger partial charge on any atom is 0.506 e. The van der Waals surface area contributed by atoms with Gasteiger partial charge in [-0.3, -0.25) is 4.79 Å². The fourth-order valence-corrected chi connectivity index (χ4v) is 4.03. The van der Waals surface area contributed by atoms with Crippen LogP contribution in [0.3, 0.4) is 0 Å². The van der Waals surface area contributed by atoms with Gasteiger partial charge in [0.05, 0.1) is 11.6 Å². The quantitative estimate of drug-likeness (QED) is 0.350. The van der Waals surface area contributed by atoms with Gasteiger partial charge in [0.15, 0.2) is 0 Å². The number of halogens is 3. The fourth-order valence-electron chi connectivity index (χ4n) is 3.63. The number of hydrogen-bond acceptors (Lipinski definition) is 5. The molecule has 10 heteroatoms. The van der Waals surface area contributed by atoms with E-state index in [0.29, 0.717) is 58.4 Å². The Labute approximate surface area is 210 Å². The first-order valence-corrected chi connectivity index (χ1v) is 11.4. The van der Waals surface area contributed by atoms with Crippen molar-refractivity contribution in [3.8, 4) is 17.2 Å². The molecule has 1 aliphatic rings. The minimum atomic E-state index is -1.37. The second-order valence-corrected chi connectivity index (χ2v) is 8.54. The van der Waals surface area contributed by atoms with Crippen LogP contribution < -0.4 is 14.8 Å². The van der Waals surface area contributed by atoms with Gasteiger partial charge in [-0.05, 0) is 60.5 Å². The van der Waals surface area contributed by atoms with Gasteiger partial charge >= 0.3 is 6.16 Å². The maximum absolute atomic E-state index is 13.8. The smallest absolute Gasteiger partial charge is 0.493 e. The molecule has 0 aromatic heterocycles. The van der Waals surface area contributed by atoms with E-state index in [2.05, 4.69) is 5.32 Å². The molecule has 1 heterocycles. The number of hydrogen-bond donors (Lipinski definition) is 2. The second kappa shape index (κ2) is 10.8. The zero-order valence-corrected chi connectivity index (χ0v) is 19.7. The first-order valence-electron chi connectivity index (χ1n) is 10.7. The van der Waals surface area contributed by atoms with Crippen LogP contribution in [0.15, 0.2) is 54.6 Å². The third kappa shape index (κ3) is 6.15. The van der Waals surface area contributed by atoms with Crippen molar-refractivity contribution in [3.63, 3.8) is 0 Å². The molecule has 2 N–H and O–H groups in total. The summed E-state index contributed by atoms with van der Waals surface area (Å²) in [5.74, 6) is 0.472. The Morgan fingerprint density at radius 1 is 1.11 bits per heavy atom. The highest BCUT2D eigenvalue weighted by molar-refractivity contribution is 6.32. The van der Waals surface area contributed by atoms with E-state index in [1.165, 1.54) is 18.2 Å². The van der Waals surface area contributed by atoms with Crippen molar-refractivity contribution in [1.82, 2.24) is 5.32 Å². The summed E-state index contributed by atoms with van der Waals surface area (Å²) in [7, 11) is 0. The van der Waals surface area contributed by atoms with E-state index in [4.69, 9.17) is 42.5 Å². The van der Waals surface area contributed by atoms with Crippen LogP contribution in [0.2, 0.25) is 10.0 Å². The summed E-state index contributed by atoms with van der Waals surface area (Å²) in [5.41, 5.74) is 1.35. The highest BCUT2D eigenvalue weighted by atomic mass is 35.5. The van der Waals surface area contributed by atoms with E-state index in [1.54, 1.807) is 36.4 Å². The molecule has 0 fully saturated rings. The summed E-state index contributed by atoms with van der Waals surface area (Å²) in [6.45, 7) is 0.533. The van der Waals surface area contributed by atoms with Gasteiger partial charge in [0.25, 0.3) is 5.91 Å². The van der Waals surface area contributed by atoms with Crippen LogP contribution in [0.1, 0.15) is 34.0 Å².